The van der Waals surface area contributed by atoms with Crippen molar-refractivity contribution in [1.82, 2.24) is 9.88 Å². The molecule has 24 heavy (non-hydrogen) atoms. The molecule has 1 aliphatic rings. The zero-order valence-electron chi connectivity index (χ0n) is 13.5. The lowest BCUT2D eigenvalue weighted by molar-refractivity contribution is 0.216. The highest BCUT2D eigenvalue weighted by atomic mass is 32.3. The van der Waals surface area contributed by atoms with E-state index >= 15 is 0 Å². The number of nitrogens with zero attached hydrogens (tertiary/aromatic N) is 3. The molecule has 1 aromatic heterocycles. The molecule has 0 aromatic carbocycles. The first-order chi connectivity index (χ1) is 11.2. The minimum absolute atomic E-state index is 0.0266. The molecule has 1 aromatic rings. The van der Waals surface area contributed by atoms with Gasteiger partial charge in [-0.1, -0.05) is 0 Å². The number of hydrogen-bond acceptors (Lipinski definition) is 6. The van der Waals surface area contributed by atoms with Crippen molar-refractivity contribution < 1.29 is 22.2 Å². The smallest absolute Gasteiger partial charge is 0.322 e. The van der Waals surface area contributed by atoms with Gasteiger partial charge >= 0.3 is 6.03 Å². The summed E-state index contributed by atoms with van der Waals surface area (Å²) in [5.41, 5.74) is 0.441. The van der Waals surface area contributed by atoms with E-state index in [-0.39, 0.29) is 30.6 Å². The van der Waals surface area contributed by atoms with Crippen LogP contribution >= 0.6 is 0 Å². The lowest BCUT2D eigenvalue weighted by Gasteiger charge is -2.28. The minimum atomic E-state index is -3.67. The lowest BCUT2D eigenvalue weighted by atomic mass is 10.4. The molecule has 0 spiro atoms. The highest BCUT2D eigenvalue weighted by Gasteiger charge is 2.26. The van der Waals surface area contributed by atoms with Gasteiger partial charge in [0.05, 0.1) is 34.1 Å². The van der Waals surface area contributed by atoms with Gasteiger partial charge in [-0.05, 0) is 19.1 Å². The van der Waals surface area contributed by atoms with E-state index in [0.717, 1.165) is 6.26 Å². The van der Waals surface area contributed by atoms with Crippen molar-refractivity contribution in [3.05, 3.63) is 18.3 Å². The molecule has 2 rings (SSSR count). The van der Waals surface area contributed by atoms with Gasteiger partial charge in [0.2, 0.25) is 5.88 Å². The summed E-state index contributed by atoms with van der Waals surface area (Å²) in [6.07, 6.45) is 2.47. The van der Waals surface area contributed by atoms with E-state index < -0.39 is 19.8 Å². The average Bonchev–Trinajstić information content (AvgIpc) is 2.48. The first-order valence-electron chi connectivity index (χ1n) is 7.30. The van der Waals surface area contributed by atoms with Gasteiger partial charge in [0.15, 0.2) is 0 Å². The number of anilines is 1. The van der Waals surface area contributed by atoms with Crippen molar-refractivity contribution in [2.75, 3.05) is 42.8 Å². The molecule has 134 valence electrons. The molecule has 1 N–H and O–H groups in total. The topological polar surface area (TPSA) is 118 Å². The maximum absolute atomic E-state index is 12.4. The second kappa shape index (κ2) is 7.34. The van der Waals surface area contributed by atoms with E-state index in [1.165, 1.54) is 4.90 Å². The van der Waals surface area contributed by atoms with Crippen LogP contribution in [0.4, 0.5) is 10.5 Å². The van der Waals surface area contributed by atoms with Crippen LogP contribution in [0.3, 0.4) is 0 Å². The van der Waals surface area contributed by atoms with Gasteiger partial charge in [0, 0.05) is 19.3 Å². The summed E-state index contributed by atoms with van der Waals surface area (Å²) in [7, 11) is -6.50. The fourth-order valence-corrected chi connectivity index (χ4v) is 5.96. The minimum Gasteiger partial charge on any atom is -0.476 e. The summed E-state index contributed by atoms with van der Waals surface area (Å²) in [4.78, 5) is 17.8. The molecule has 0 aliphatic carbocycles. The van der Waals surface area contributed by atoms with E-state index in [9.17, 15) is 17.4 Å². The first-order valence-corrected chi connectivity index (χ1v) is 11.0. The standard InChI is InChI=1S/C13H20N4O5S2/c1-3-22-12-11(5-4-6-14-12)15-13(18)17-7-9-24(21,10-8-17)16-23(2,19)20/h4-6H,3,7-10H2,1-2H3,(H,15,18). The van der Waals surface area contributed by atoms with Gasteiger partial charge < -0.3 is 15.0 Å². The number of carbonyl (C=O) groups excluding carboxylic acids is 1. The summed E-state index contributed by atoms with van der Waals surface area (Å²) >= 11 is 0. The number of pyridine rings is 1. The van der Waals surface area contributed by atoms with Crippen LogP contribution in [0.5, 0.6) is 5.88 Å². The normalized spacial score (nSPS) is 17.2. The molecule has 0 unspecified atom stereocenters. The van der Waals surface area contributed by atoms with E-state index in [1.807, 2.05) is 6.92 Å². The first kappa shape index (κ1) is 18.5. The molecule has 2 amide bonds. The average molecular weight is 376 g/mol. The van der Waals surface area contributed by atoms with Crippen LogP contribution < -0.4 is 10.1 Å². The number of sulfonamides is 1. The number of hydrogen-bond donors (Lipinski definition) is 1. The number of amides is 2. The predicted octanol–water partition coefficient (Wildman–Crippen LogP) is 0.755. The van der Waals surface area contributed by atoms with Crippen molar-refractivity contribution in [2.45, 2.75) is 6.92 Å². The van der Waals surface area contributed by atoms with Crippen LogP contribution in [0, 0.1) is 0 Å². The molecule has 1 fully saturated rings. The van der Waals surface area contributed by atoms with E-state index in [4.69, 9.17) is 4.74 Å². The van der Waals surface area contributed by atoms with Crippen molar-refractivity contribution in [3.8, 4) is 5.88 Å². The van der Waals surface area contributed by atoms with Crippen LogP contribution in [-0.2, 0) is 19.8 Å². The Morgan fingerprint density at radius 2 is 2.12 bits per heavy atom. The van der Waals surface area contributed by atoms with Gasteiger partial charge in [0.25, 0.3) is 10.0 Å². The number of nitrogens with one attached hydrogen (secondary N) is 1. The Kier molecular flexibility index (Phi) is 5.65. The lowest BCUT2D eigenvalue weighted by Crippen LogP contribution is -2.45. The van der Waals surface area contributed by atoms with Crippen LogP contribution in [0.2, 0.25) is 0 Å². The molecule has 11 heteroatoms. The Morgan fingerprint density at radius 3 is 2.71 bits per heavy atom. The number of urea groups is 1. The SMILES string of the molecule is CCOc1ncccc1NC(=O)N1CCS(=O)(=NS(C)(=O)=O)CC1. The fourth-order valence-electron chi connectivity index (χ4n) is 2.18. The van der Waals surface area contributed by atoms with Crippen LogP contribution in [0.25, 0.3) is 0 Å². The molecular weight excluding hydrogens is 356 g/mol. The Bertz CT molecular complexity index is 817. The zero-order chi connectivity index (χ0) is 17.8. The summed E-state index contributed by atoms with van der Waals surface area (Å²) < 4.78 is 43.5. The van der Waals surface area contributed by atoms with Crippen molar-refractivity contribution >= 4 is 31.5 Å². The van der Waals surface area contributed by atoms with Gasteiger partial charge in [-0.25, -0.2) is 22.4 Å². The van der Waals surface area contributed by atoms with E-state index in [2.05, 4.69) is 14.1 Å². The monoisotopic (exact) mass is 376 g/mol. The summed E-state index contributed by atoms with van der Waals surface area (Å²) in [6, 6.07) is 2.96. The highest BCUT2D eigenvalue weighted by Crippen LogP contribution is 2.21. The van der Waals surface area contributed by atoms with Crippen LogP contribution in [0.1, 0.15) is 6.92 Å². The maximum atomic E-state index is 12.4. The van der Waals surface area contributed by atoms with E-state index in [1.54, 1.807) is 18.3 Å². The van der Waals surface area contributed by atoms with Crippen LogP contribution in [0.15, 0.2) is 22.1 Å². The molecular formula is C13H20N4O5S2. The van der Waals surface area contributed by atoms with Gasteiger partial charge in [-0.3, -0.25) is 0 Å². The molecule has 0 bridgehead atoms. The molecule has 9 nitrogen and oxygen atoms in total. The fraction of sp³-hybridized carbons (Fsp3) is 0.538. The number of rotatable bonds is 4. The third kappa shape index (κ3) is 5.06. The molecule has 2 heterocycles. The molecule has 1 aliphatic heterocycles. The third-order valence-electron chi connectivity index (χ3n) is 3.21. The Balaban J connectivity index is 2.04. The summed E-state index contributed by atoms with van der Waals surface area (Å²) in [5, 5.41) is 2.70. The number of carbonyl (C=O) groups is 1. The third-order valence-corrected chi connectivity index (χ3v) is 7.02. The maximum Gasteiger partial charge on any atom is 0.322 e. The Labute approximate surface area is 141 Å². The number of aromatic nitrogens is 1. The van der Waals surface area contributed by atoms with Crippen molar-refractivity contribution in [3.63, 3.8) is 0 Å². The summed E-state index contributed by atoms with van der Waals surface area (Å²) in [6.45, 7) is 2.55. The molecule has 0 saturated carbocycles. The molecule has 1 saturated heterocycles. The van der Waals surface area contributed by atoms with Crippen molar-refractivity contribution in [2.24, 2.45) is 3.77 Å². The highest BCUT2D eigenvalue weighted by molar-refractivity contribution is 8.03. The quantitative estimate of drug-likeness (QED) is 0.829. The van der Waals surface area contributed by atoms with E-state index in [0.29, 0.717) is 18.2 Å². The molecule has 0 radical (unpaired) electrons. The predicted molar refractivity (Wildman–Crippen MR) is 91.1 cm³/mol. The van der Waals surface area contributed by atoms with Crippen molar-refractivity contribution in [1.29, 1.82) is 0 Å². The largest absolute Gasteiger partial charge is 0.476 e. The second-order valence-electron chi connectivity index (χ2n) is 5.19. The number of ether oxygens (including phenoxy) is 1. The van der Waals surface area contributed by atoms with Gasteiger partial charge in [-0.15, -0.1) is 3.77 Å². The Morgan fingerprint density at radius 1 is 1.46 bits per heavy atom. The molecule has 0 atom stereocenters. The second-order valence-corrected chi connectivity index (χ2v) is 9.62. The Hall–Kier alpha value is -1.88. The van der Waals surface area contributed by atoms with Gasteiger partial charge in [0.1, 0.15) is 5.69 Å². The van der Waals surface area contributed by atoms with Gasteiger partial charge in [-0.2, -0.15) is 0 Å². The summed E-state index contributed by atoms with van der Waals surface area (Å²) in [5.74, 6) is 0.374. The van der Waals surface area contributed by atoms with Crippen LogP contribution in [-0.4, -0.2) is 66.0 Å². The zero-order valence-corrected chi connectivity index (χ0v) is 15.1.